The Balaban J connectivity index is 1.86. The largest absolute Gasteiger partial charge is 0.368 e. The number of aromatic nitrogens is 1. The van der Waals surface area contributed by atoms with E-state index in [1.165, 1.54) is 0 Å². The lowest BCUT2D eigenvalue weighted by Gasteiger charge is -2.11. The molecule has 0 saturated carbocycles. The minimum atomic E-state index is -0.368. The highest BCUT2D eigenvalue weighted by molar-refractivity contribution is 6.35. The van der Waals surface area contributed by atoms with E-state index >= 15 is 0 Å². The lowest BCUT2D eigenvalue weighted by Crippen LogP contribution is -2.27. The van der Waals surface area contributed by atoms with Gasteiger partial charge >= 0.3 is 0 Å². The Morgan fingerprint density at radius 1 is 1.42 bits per heavy atom. The van der Waals surface area contributed by atoms with Crippen LogP contribution in [0.3, 0.4) is 0 Å². The van der Waals surface area contributed by atoms with Gasteiger partial charge in [0.2, 0.25) is 0 Å². The molecule has 1 aliphatic heterocycles. The second-order valence-corrected chi connectivity index (χ2v) is 4.90. The third kappa shape index (κ3) is 2.55. The van der Waals surface area contributed by atoms with Gasteiger partial charge in [-0.05, 0) is 18.9 Å². The molecule has 5 heteroatoms. The van der Waals surface area contributed by atoms with E-state index in [1.807, 2.05) is 24.3 Å². The second-order valence-electron chi connectivity index (χ2n) is 4.50. The third-order valence-corrected chi connectivity index (χ3v) is 3.45. The summed E-state index contributed by atoms with van der Waals surface area (Å²) in [5.41, 5.74) is 0.762. The standard InChI is InChI=1S/C14H13ClN2O2/c15-10-8-13(16-11-5-2-1-4-9(10)11)17-14(18)12-6-3-7-19-12/h1-2,4-5,8,12H,3,6-7H2,(H,16,17,18)/t12-/m1/s1. The van der Waals surface area contributed by atoms with Crippen molar-refractivity contribution in [2.75, 3.05) is 11.9 Å². The lowest BCUT2D eigenvalue weighted by atomic mass is 10.2. The molecule has 2 heterocycles. The molecular formula is C14H13ClN2O2. The van der Waals surface area contributed by atoms with E-state index in [4.69, 9.17) is 16.3 Å². The Kier molecular flexibility index (Phi) is 3.36. The number of rotatable bonds is 2. The summed E-state index contributed by atoms with van der Waals surface area (Å²) in [6.45, 7) is 0.643. The molecule has 1 aromatic carbocycles. The number of anilines is 1. The number of pyridine rings is 1. The number of hydrogen-bond donors (Lipinski definition) is 1. The SMILES string of the molecule is O=C(Nc1cc(Cl)c2ccccc2n1)[C@H]1CCCO1. The average molecular weight is 277 g/mol. The predicted molar refractivity (Wildman–Crippen MR) is 74.4 cm³/mol. The van der Waals surface area contributed by atoms with E-state index in [2.05, 4.69) is 10.3 Å². The van der Waals surface area contributed by atoms with Crippen LogP contribution in [-0.2, 0) is 9.53 Å². The molecule has 0 spiro atoms. The van der Waals surface area contributed by atoms with Gasteiger partial charge in [-0.2, -0.15) is 0 Å². The number of nitrogens with one attached hydrogen (secondary N) is 1. The number of hydrogen-bond acceptors (Lipinski definition) is 3. The molecule has 0 unspecified atom stereocenters. The molecule has 0 bridgehead atoms. The van der Waals surface area contributed by atoms with Gasteiger partial charge in [0.25, 0.3) is 5.91 Å². The molecule has 1 atom stereocenters. The van der Waals surface area contributed by atoms with E-state index in [0.29, 0.717) is 17.4 Å². The first-order valence-electron chi connectivity index (χ1n) is 6.22. The topological polar surface area (TPSA) is 51.2 Å². The molecule has 1 aliphatic rings. The molecule has 1 N–H and O–H groups in total. The summed E-state index contributed by atoms with van der Waals surface area (Å²) in [4.78, 5) is 16.3. The highest BCUT2D eigenvalue weighted by atomic mass is 35.5. The van der Waals surface area contributed by atoms with Crippen molar-refractivity contribution in [2.24, 2.45) is 0 Å². The molecule has 1 fully saturated rings. The zero-order valence-corrected chi connectivity index (χ0v) is 11.0. The van der Waals surface area contributed by atoms with Gasteiger partial charge in [-0.15, -0.1) is 0 Å². The second kappa shape index (κ2) is 5.15. The van der Waals surface area contributed by atoms with Gasteiger partial charge in [0.1, 0.15) is 11.9 Å². The van der Waals surface area contributed by atoms with Crippen LogP contribution in [0.2, 0.25) is 5.02 Å². The van der Waals surface area contributed by atoms with Crippen LogP contribution in [0, 0.1) is 0 Å². The predicted octanol–water partition coefficient (Wildman–Crippen LogP) is 3.01. The fourth-order valence-electron chi connectivity index (χ4n) is 2.19. The number of carbonyl (C=O) groups excluding carboxylic acids is 1. The van der Waals surface area contributed by atoms with E-state index in [0.717, 1.165) is 23.7 Å². The molecule has 2 aromatic rings. The third-order valence-electron chi connectivity index (χ3n) is 3.14. The minimum absolute atomic E-state index is 0.156. The fourth-order valence-corrected chi connectivity index (χ4v) is 2.45. The monoisotopic (exact) mass is 276 g/mol. The van der Waals surface area contributed by atoms with Crippen molar-refractivity contribution >= 4 is 34.2 Å². The van der Waals surface area contributed by atoms with Crippen LogP contribution < -0.4 is 5.32 Å². The van der Waals surface area contributed by atoms with Crippen molar-refractivity contribution in [1.82, 2.24) is 4.98 Å². The van der Waals surface area contributed by atoms with Crippen LogP contribution in [0.15, 0.2) is 30.3 Å². The summed E-state index contributed by atoms with van der Waals surface area (Å²) in [6, 6.07) is 9.22. The molecule has 1 aromatic heterocycles. The summed E-state index contributed by atoms with van der Waals surface area (Å²) < 4.78 is 5.33. The van der Waals surface area contributed by atoms with Gasteiger partial charge in [0.05, 0.1) is 10.5 Å². The van der Waals surface area contributed by atoms with Crippen LogP contribution >= 0.6 is 11.6 Å². The average Bonchev–Trinajstić information content (AvgIpc) is 2.93. The lowest BCUT2D eigenvalue weighted by molar-refractivity contribution is -0.124. The van der Waals surface area contributed by atoms with Gasteiger partial charge < -0.3 is 10.1 Å². The van der Waals surface area contributed by atoms with Gasteiger partial charge in [0.15, 0.2) is 0 Å². The first-order valence-corrected chi connectivity index (χ1v) is 6.59. The van der Waals surface area contributed by atoms with Crippen LogP contribution in [0.25, 0.3) is 10.9 Å². The number of benzene rings is 1. The van der Waals surface area contributed by atoms with Gasteiger partial charge in [-0.3, -0.25) is 4.79 Å². The maximum absolute atomic E-state index is 11.9. The molecule has 1 saturated heterocycles. The van der Waals surface area contributed by atoms with Crippen molar-refractivity contribution in [1.29, 1.82) is 0 Å². The molecule has 0 aliphatic carbocycles. The molecule has 4 nitrogen and oxygen atoms in total. The Morgan fingerprint density at radius 2 is 2.26 bits per heavy atom. The molecule has 98 valence electrons. The quantitative estimate of drug-likeness (QED) is 0.917. The van der Waals surface area contributed by atoms with E-state index < -0.39 is 0 Å². The van der Waals surface area contributed by atoms with Crippen molar-refractivity contribution in [3.05, 3.63) is 35.4 Å². The number of ether oxygens (including phenoxy) is 1. The van der Waals surface area contributed by atoms with Gasteiger partial charge in [-0.1, -0.05) is 29.8 Å². The molecule has 1 amide bonds. The Hall–Kier alpha value is -1.65. The van der Waals surface area contributed by atoms with Crippen LogP contribution in [-0.4, -0.2) is 23.6 Å². The van der Waals surface area contributed by atoms with Crippen LogP contribution in [0.5, 0.6) is 0 Å². The van der Waals surface area contributed by atoms with E-state index in [1.54, 1.807) is 6.07 Å². The number of halogens is 1. The van der Waals surface area contributed by atoms with Crippen molar-refractivity contribution < 1.29 is 9.53 Å². The number of nitrogens with zero attached hydrogens (tertiary/aromatic N) is 1. The maximum Gasteiger partial charge on any atom is 0.254 e. The van der Waals surface area contributed by atoms with Crippen molar-refractivity contribution in [2.45, 2.75) is 18.9 Å². The Morgan fingerprint density at radius 3 is 3.05 bits per heavy atom. The van der Waals surface area contributed by atoms with Gasteiger partial charge in [-0.25, -0.2) is 4.98 Å². The molecule has 3 rings (SSSR count). The van der Waals surface area contributed by atoms with Crippen molar-refractivity contribution in [3.8, 4) is 0 Å². The summed E-state index contributed by atoms with van der Waals surface area (Å²) in [7, 11) is 0. The smallest absolute Gasteiger partial charge is 0.254 e. The summed E-state index contributed by atoms with van der Waals surface area (Å²) >= 11 is 6.18. The number of fused-ring (bicyclic) bond motifs is 1. The molecule has 0 radical (unpaired) electrons. The highest BCUT2D eigenvalue weighted by Gasteiger charge is 2.23. The zero-order chi connectivity index (χ0) is 13.2. The Labute approximate surface area is 115 Å². The summed E-state index contributed by atoms with van der Waals surface area (Å²) in [6.07, 6.45) is 1.31. The van der Waals surface area contributed by atoms with Crippen LogP contribution in [0.4, 0.5) is 5.82 Å². The highest BCUT2D eigenvalue weighted by Crippen LogP contribution is 2.25. The summed E-state index contributed by atoms with van der Waals surface area (Å²) in [5.74, 6) is 0.306. The summed E-state index contributed by atoms with van der Waals surface area (Å²) in [5, 5.41) is 4.21. The number of carbonyl (C=O) groups is 1. The number of para-hydroxylation sites is 1. The normalized spacial score (nSPS) is 18.7. The zero-order valence-electron chi connectivity index (χ0n) is 10.2. The minimum Gasteiger partial charge on any atom is -0.368 e. The molecule has 19 heavy (non-hydrogen) atoms. The van der Waals surface area contributed by atoms with Crippen LogP contribution in [0.1, 0.15) is 12.8 Å². The van der Waals surface area contributed by atoms with E-state index in [-0.39, 0.29) is 12.0 Å². The van der Waals surface area contributed by atoms with Crippen molar-refractivity contribution in [3.63, 3.8) is 0 Å². The first-order chi connectivity index (χ1) is 9.24. The Bertz CT molecular complexity index is 624. The van der Waals surface area contributed by atoms with E-state index in [9.17, 15) is 4.79 Å². The van der Waals surface area contributed by atoms with Gasteiger partial charge in [0, 0.05) is 18.1 Å². The number of amides is 1. The first kappa shape index (κ1) is 12.4. The fraction of sp³-hybridized carbons (Fsp3) is 0.286. The maximum atomic E-state index is 11.9. The molecular weight excluding hydrogens is 264 g/mol.